The number of hydrazine groups is 1. The standard InChI is InChI=1S/C19H27ClN4O2/c20-14-3-1-12(2-4-14)18(25)13-6-9-24(10-7-13)19(26)17-15-11-21-8-5-16(15)22-23-17/h1-4,13,15-18,21-23,25H,5-11H2. The summed E-state index contributed by atoms with van der Waals surface area (Å²) < 4.78 is 0. The van der Waals surface area contributed by atoms with Crippen molar-refractivity contribution in [1.82, 2.24) is 21.1 Å². The van der Waals surface area contributed by atoms with Crippen molar-refractivity contribution in [2.45, 2.75) is 37.5 Å². The first-order valence-corrected chi connectivity index (χ1v) is 9.95. The molecule has 0 bridgehead atoms. The fraction of sp³-hybridized carbons (Fsp3) is 0.632. The predicted molar refractivity (Wildman–Crippen MR) is 101 cm³/mol. The fourth-order valence-electron chi connectivity index (χ4n) is 4.53. The van der Waals surface area contributed by atoms with Crippen molar-refractivity contribution in [3.8, 4) is 0 Å². The maximum atomic E-state index is 13.0. The minimum atomic E-state index is -0.497. The fourth-order valence-corrected chi connectivity index (χ4v) is 4.65. The van der Waals surface area contributed by atoms with Crippen LogP contribution in [0.25, 0.3) is 0 Å². The normalized spacial score (nSPS) is 30.8. The zero-order chi connectivity index (χ0) is 18.1. The van der Waals surface area contributed by atoms with Gasteiger partial charge in [0, 0.05) is 36.6 Å². The number of rotatable bonds is 3. The number of nitrogens with zero attached hydrogens (tertiary/aromatic N) is 1. The minimum absolute atomic E-state index is 0.148. The Morgan fingerprint density at radius 3 is 2.62 bits per heavy atom. The molecule has 4 unspecified atom stereocenters. The molecule has 1 aromatic rings. The van der Waals surface area contributed by atoms with Crippen LogP contribution < -0.4 is 16.2 Å². The van der Waals surface area contributed by atoms with Gasteiger partial charge < -0.3 is 15.3 Å². The van der Waals surface area contributed by atoms with Gasteiger partial charge in [-0.25, -0.2) is 5.43 Å². The molecule has 26 heavy (non-hydrogen) atoms. The van der Waals surface area contributed by atoms with E-state index in [2.05, 4.69) is 16.2 Å². The molecule has 4 atom stereocenters. The van der Waals surface area contributed by atoms with Crippen molar-refractivity contribution in [2.24, 2.45) is 11.8 Å². The van der Waals surface area contributed by atoms with E-state index in [0.29, 0.717) is 30.1 Å². The molecule has 3 heterocycles. The highest BCUT2D eigenvalue weighted by atomic mass is 35.5. The number of piperidine rings is 2. The van der Waals surface area contributed by atoms with Gasteiger partial charge in [0.05, 0.1) is 6.10 Å². The summed E-state index contributed by atoms with van der Waals surface area (Å²) in [6, 6.07) is 7.63. The average Bonchev–Trinajstić information content (AvgIpc) is 3.12. The van der Waals surface area contributed by atoms with E-state index in [1.807, 2.05) is 29.2 Å². The predicted octanol–water partition coefficient (Wildman–Crippen LogP) is 1.07. The van der Waals surface area contributed by atoms with Crippen molar-refractivity contribution in [2.75, 3.05) is 26.2 Å². The molecule has 142 valence electrons. The highest BCUT2D eigenvalue weighted by Crippen LogP contribution is 2.32. The van der Waals surface area contributed by atoms with E-state index in [9.17, 15) is 9.90 Å². The molecule has 4 rings (SSSR count). The Morgan fingerprint density at radius 1 is 1.15 bits per heavy atom. The molecule has 0 aliphatic carbocycles. The lowest BCUT2D eigenvalue weighted by Crippen LogP contribution is -2.52. The number of carbonyl (C=O) groups excluding carboxylic acids is 1. The zero-order valence-corrected chi connectivity index (χ0v) is 15.6. The molecule has 0 radical (unpaired) electrons. The summed E-state index contributed by atoms with van der Waals surface area (Å²) in [5, 5.41) is 14.7. The van der Waals surface area contributed by atoms with Crippen LogP contribution in [-0.2, 0) is 4.79 Å². The van der Waals surface area contributed by atoms with E-state index in [1.54, 1.807) is 0 Å². The monoisotopic (exact) mass is 378 g/mol. The maximum absolute atomic E-state index is 13.0. The molecule has 6 nitrogen and oxygen atoms in total. The molecule has 3 aliphatic rings. The Labute approximate surface area is 159 Å². The second kappa shape index (κ2) is 7.82. The molecular formula is C19H27ClN4O2. The summed E-state index contributed by atoms with van der Waals surface area (Å²) in [6.07, 6.45) is 2.20. The number of likely N-dealkylation sites (tertiary alicyclic amines) is 1. The van der Waals surface area contributed by atoms with E-state index >= 15 is 0 Å². The number of amides is 1. The first-order chi connectivity index (χ1) is 12.6. The van der Waals surface area contributed by atoms with Crippen molar-refractivity contribution >= 4 is 17.5 Å². The topological polar surface area (TPSA) is 76.6 Å². The molecule has 7 heteroatoms. The van der Waals surface area contributed by atoms with Crippen LogP contribution in [0.4, 0.5) is 0 Å². The molecule has 1 amide bonds. The van der Waals surface area contributed by atoms with Crippen molar-refractivity contribution < 1.29 is 9.90 Å². The van der Waals surface area contributed by atoms with Gasteiger partial charge in [-0.05, 0) is 49.4 Å². The third-order valence-electron chi connectivity index (χ3n) is 6.16. The van der Waals surface area contributed by atoms with Gasteiger partial charge in [0.2, 0.25) is 5.91 Å². The lowest BCUT2D eigenvalue weighted by atomic mass is 9.86. The Morgan fingerprint density at radius 2 is 1.88 bits per heavy atom. The summed E-state index contributed by atoms with van der Waals surface area (Å²) >= 11 is 5.93. The summed E-state index contributed by atoms with van der Waals surface area (Å²) in [6.45, 7) is 3.30. The highest BCUT2D eigenvalue weighted by molar-refractivity contribution is 6.30. The van der Waals surface area contributed by atoms with Gasteiger partial charge in [-0.2, -0.15) is 0 Å². The van der Waals surface area contributed by atoms with Crippen LogP contribution >= 0.6 is 11.6 Å². The van der Waals surface area contributed by atoms with Gasteiger partial charge in [-0.1, -0.05) is 23.7 Å². The number of aliphatic hydroxyl groups is 1. The van der Waals surface area contributed by atoms with E-state index < -0.39 is 6.10 Å². The molecule has 0 spiro atoms. The number of benzene rings is 1. The van der Waals surface area contributed by atoms with Crippen molar-refractivity contribution in [1.29, 1.82) is 0 Å². The maximum Gasteiger partial charge on any atom is 0.241 e. The summed E-state index contributed by atoms with van der Waals surface area (Å²) in [5.41, 5.74) is 7.41. The quantitative estimate of drug-likeness (QED) is 0.633. The van der Waals surface area contributed by atoms with Crippen LogP contribution in [0.3, 0.4) is 0 Å². The molecule has 0 aromatic heterocycles. The third-order valence-corrected chi connectivity index (χ3v) is 6.41. The number of fused-ring (bicyclic) bond motifs is 1. The minimum Gasteiger partial charge on any atom is -0.388 e. The lowest BCUT2D eigenvalue weighted by molar-refractivity contribution is -0.136. The lowest BCUT2D eigenvalue weighted by Gasteiger charge is -2.37. The smallest absolute Gasteiger partial charge is 0.241 e. The first-order valence-electron chi connectivity index (χ1n) is 9.57. The van der Waals surface area contributed by atoms with Crippen LogP contribution in [0.2, 0.25) is 5.02 Å². The number of carbonyl (C=O) groups is 1. The van der Waals surface area contributed by atoms with Gasteiger partial charge in [0.1, 0.15) is 6.04 Å². The van der Waals surface area contributed by atoms with Gasteiger partial charge in [-0.15, -0.1) is 0 Å². The van der Waals surface area contributed by atoms with Crippen LogP contribution in [0.5, 0.6) is 0 Å². The molecule has 0 saturated carbocycles. The molecule has 3 aliphatic heterocycles. The van der Waals surface area contributed by atoms with Crippen molar-refractivity contribution in [3.63, 3.8) is 0 Å². The average molecular weight is 379 g/mol. The van der Waals surface area contributed by atoms with Crippen LogP contribution in [-0.4, -0.2) is 54.2 Å². The van der Waals surface area contributed by atoms with Crippen LogP contribution in [0, 0.1) is 11.8 Å². The van der Waals surface area contributed by atoms with Crippen LogP contribution in [0.15, 0.2) is 24.3 Å². The van der Waals surface area contributed by atoms with Crippen LogP contribution in [0.1, 0.15) is 30.9 Å². The largest absolute Gasteiger partial charge is 0.388 e. The number of hydrogen-bond donors (Lipinski definition) is 4. The van der Waals surface area contributed by atoms with E-state index in [1.165, 1.54) is 0 Å². The second-order valence-corrected chi connectivity index (χ2v) is 8.13. The Balaban J connectivity index is 1.33. The van der Waals surface area contributed by atoms with Gasteiger partial charge in [-0.3, -0.25) is 10.2 Å². The second-order valence-electron chi connectivity index (χ2n) is 7.69. The van der Waals surface area contributed by atoms with Gasteiger partial charge in [0.15, 0.2) is 0 Å². The number of hydrogen-bond acceptors (Lipinski definition) is 5. The Bertz CT molecular complexity index is 633. The Kier molecular flexibility index (Phi) is 5.47. The molecule has 4 N–H and O–H groups in total. The Hall–Kier alpha value is -1.18. The number of nitrogens with one attached hydrogen (secondary N) is 3. The number of aliphatic hydroxyl groups excluding tert-OH is 1. The molecule has 1 aromatic carbocycles. The zero-order valence-electron chi connectivity index (χ0n) is 14.8. The SMILES string of the molecule is O=C(C1NNC2CCNCC21)N1CCC(C(O)c2ccc(Cl)cc2)CC1. The summed E-state index contributed by atoms with van der Waals surface area (Å²) in [7, 11) is 0. The van der Waals surface area contributed by atoms with E-state index in [4.69, 9.17) is 11.6 Å². The molecule has 3 fully saturated rings. The first kappa shape index (κ1) is 18.2. The third kappa shape index (κ3) is 3.62. The molecule has 3 saturated heterocycles. The molecular weight excluding hydrogens is 352 g/mol. The van der Waals surface area contributed by atoms with Gasteiger partial charge >= 0.3 is 0 Å². The number of halogens is 1. The highest BCUT2D eigenvalue weighted by Gasteiger charge is 2.43. The van der Waals surface area contributed by atoms with E-state index in [0.717, 1.165) is 37.9 Å². The summed E-state index contributed by atoms with van der Waals surface area (Å²) in [4.78, 5) is 14.9. The van der Waals surface area contributed by atoms with Crippen molar-refractivity contribution in [3.05, 3.63) is 34.9 Å². The summed E-state index contributed by atoms with van der Waals surface area (Å²) in [5.74, 6) is 0.681. The van der Waals surface area contributed by atoms with Gasteiger partial charge in [0.25, 0.3) is 0 Å². The van der Waals surface area contributed by atoms with E-state index in [-0.39, 0.29) is 17.9 Å².